The number of anilines is 2. The highest BCUT2D eigenvalue weighted by atomic mass is 16.6. The molecule has 0 fully saturated rings. The molecule has 12 heteroatoms. The topological polar surface area (TPSA) is 186 Å². The SMILES string of the molecule is C.CC(Oc1ccc(N)cc1)C(=O)Oc1ccc(N)cc1.CC(Oc1ccc(OC#N)cc1)C(=O)Oc1ccc(N=C=O)cc1. The van der Waals surface area contributed by atoms with Gasteiger partial charge >= 0.3 is 11.9 Å². The van der Waals surface area contributed by atoms with Gasteiger partial charge in [-0.15, -0.1) is 5.26 Å². The number of isocyanates is 1. The van der Waals surface area contributed by atoms with E-state index in [1.165, 1.54) is 30.3 Å². The Hall–Kier alpha value is -6.31. The number of aliphatic imine (C=N–C) groups is 1. The third-order valence-electron chi connectivity index (χ3n) is 5.49. The van der Waals surface area contributed by atoms with Crippen molar-refractivity contribution in [1.82, 2.24) is 0 Å². The van der Waals surface area contributed by atoms with Gasteiger partial charge in [0, 0.05) is 11.4 Å². The average molecular weight is 613 g/mol. The second-order valence-corrected chi connectivity index (χ2v) is 8.86. The third kappa shape index (κ3) is 11.8. The number of hydrogen-bond donors (Lipinski definition) is 2. The minimum absolute atomic E-state index is 0. The van der Waals surface area contributed by atoms with Gasteiger partial charge in [0.1, 0.15) is 28.7 Å². The van der Waals surface area contributed by atoms with Crippen LogP contribution in [0.4, 0.5) is 17.1 Å². The van der Waals surface area contributed by atoms with E-state index in [2.05, 4.69) is 9.73 Å². The first-order valence-corrected chi connectivity index (χ1v) is 13.0. The zero-order valence-electron chi connectivity index (χ0n) is 23.7. The standard InChI is InChI=1S/C17H12N2O5.C15H16N2O3.CH4/c1-12(23-15-8-6-14(7-9-15)22-10-18)17(21)24-16-4-2-13(3-5-16)19-11-20;1-10(19-13-6-2-11(16)3-7-13)15(18)20-14-8-4-12(17)5-9-14;/h2-9,12H,1H3;2-10H,16-17H2,1H3;1H4. The minimum atomic E-state index is -0.847. The van der Waals surface area contributed by atoms with E-state index in [1.807, 2.05) is 0 Å². The second kappa shape index (κ2) is 17.6. The molecular formula is C33H32N4O8. The molecule has 4 aromatic rings. The molecule has 0 radical (unpaired) electrons. The number of nitriles is 1. The normalized spacial score (nSPS) is 10.9. The average Bonchev–Trinajstić information content (AvgIpc) is 3.02. The van der Waals surface area contributed by atoms with Gasteiger partial charge in [-0.25, -0.2) is 14.4 Å². The van der Waals surface area contributed by atoms with Crippen LogP contribution in [0.25, 0.3) is 0 Å². The van der Waals surface area contributed by atoms with Crippen molar-refractivity contribution in [2.24, 2.45) is 4.99 Å². The van der Waals surface area contributed by atoms with Crippen LogP contribution in [-0.4, -0.2) is 30.2 Å². The van der Waals surface area contributed by atoms with E-state index in [9.17, 15) is 14.4 Å². The number of nitrogens with two attached hydrogens (primary N) is 2. The predicted octanol–water partition coefficient (Wildman–Crippen LogP) is 5.75. The number of hydrogen-bond acceptors (Lipinski definition) is 12. The van der Waals surface area contributed by atoms with Gasteiger partial charge in [-0.3, -0.25) is 0 Å². The molecule has 4 N–H and O–H groups in total. The lowest BCUT2D eigenvalue weighted by molar-refractivity contribution is -0.142. The Bertz CT molecular complexity index is 1610. The number of carbonyl (C=O) groups is 2. The van der Waals surface area contributed by atoms with Gasteiger partial charge in [-0.05, 0) is 111 Å². The zero-order valence-corrected chi connectivity index (χ0v) is 23.7. The van der Waals surface area contributed by atoms with Gasteiger partial charge in [-0.1, -0.05) is 7.43 Å². The first kappa shape index (κ1) is 34.9. The van der Waals surface area contributed by atoms with Crippen molar-refractivity contribution < 1.29 is 38.1 Å². The van der Waals surface area contributed by atoms with Gasteiger partial charge in [0.2, 0.25) is 6.08 Å². The summed E-state index contributed by atoms with van der Waals surface area (Å²) in [5.74, 6) is 1.03. The van der Waals surface area contributed by atoms with Crippen LogP contribution >= 0.6 is 0 Å². The summed E-state index contributed by atoms with van der Waals surface area (Å²) in [6.45, 7) is 3.17. The van der Waals surface area contributed by atoms with Crippen molar-refractivity contribution in [2.75, 3.05) is 11.5 Å². The molecule has 0 heterocycles. The Morgan fingerprint density at radius 3 is 1.40 bits per heavy atom. The maximum absolute atomic E-state index is 12.0. The van der Waals surface area contributed by atoms with Crippen LogP contribution in [0.1, 0.15) is 21.3 Å². The molecule has 45 heavy (non-hydrogen) atoms. The summed E-state index contributed by atoms with van der Waals surface area (Å²) in [5.41, 5.74) is 12.8. The third-order valence-corrected chi connectivity index (χ3v) is 5.49. The highest BCUT2D eigenvalue weighted by Crippen LogP contribution is 2.21. The Balaban J connectivity index is 0.000000311. The van der Waals surface area contributed by atoms with Crippen LogP contribution in [-0.2, 0) is 14.4 Å². The summed E-state index contributed by atoms with van der Waals surface area (Å²) < 4.78 is 25.9. The molecule has 0 aliphatic carbocycles. The van der Waals surface area contributed by atoms with E-state index < -0.39 is 24.1 Å². The van der Waals surface area contributed by atoms with E-state index >= 15 is 0 Å². The van der Waals surface area contributed by atoms with Crippen LogP contribution in [0.2, 0.25) is 0 Å². The molecule has 0 saturated heterocycles. The Labute approximate surface area is 260 Å². The van der Waals surface area contributed by atoms with E-state index in [0.717, 1.165) is 0 Å². The van der Waals surface area contributed by atoms with E-state index in [1.54, 1.807) is 92.9 Å². The molecule has 0 aliphatic rings. The molecule has 0 aliphatic heterocycles. The molecule has 4 aromatic carbocycles. The molecular weight excluding hydrogens is 580 g/mol. The summed E-state index contributed by atoms with van der Waals surface area (Å²) in [5, 5.41) is 8.40. The van der Waals surface area contributed by atoms with Crippen LogP contribution < -0.4 is 35.2 Å². The van der Waals surface area contributed by atoms with Crippen LogP contribution in [0, 0.1) is 11.5 Å². The van der Waals surface area contributed by atoms with Crippen molar-refractivity contribution in [3.63, 3.8) is 0 Å². The molecule has 0 bridgehead atoms. The number of nitrogens with zero attached hydrogens (tertiary/aromatic N) is 2. The molecule has 232 valence electrons. The van der Waals surface area contributed by atoms with Gasteiger partial charge in [-0.2, -0.15) is 4.99 Å². The van der Waals surface area contributed by atoms with Crippen LogP contribution in [0.5, 0.6) is 28.7 Å². The fourth-order valence-electron chi connectivity index (χ4n) is 3.27. The number of nitrogen functional groups attached to an aromatic ring is 2. The Morgan fingerprint density at radius 2 is 1.00 bits per heavy atom. The highest BCUT2D eigenvalue weighted by Gasteiger charge is 2.18. The maximum Gasteiger partial charge on any atom is 0.352 e. The predicted molar refractivity (Wildman–Crippen MR) is 167 cm³/mol. The second-order valence-electron chi connectivity index (χ2n) is 8.86. The van der Waals surface area contributed by atoms with Crippen molar-refractivity contribution >= 4 is 35.1 Å². The molecule has 0 aromatic heterocycles. The summed E-state index contributed by atoms with van der Waals surface area (Å²) in [6, 6.07) is 25.7. The maximum atomic E-state index is 12.0. The number of benzene rings is 4. The molecule has 0 spiro atoms. The van der Waals surface area contributed by atoms with Crippen molar-refractivity contribution in [3.8, 4) is 35.0 Å². The quantitative estimate of drug-likeness (QED) is 0.0555. The van der Waals surface area contributed by atoms with Crippen LogP contribution in [0.15, 0.2) is 102 Å². The summed E-state index contributed by atoms with van der Waals surface area (Å²) >= 11 is 0. The van der Waals surface area contributed by atoms with Gasteiger partial charge < -0.3 is 35.2 Å². The molecule has 2 unspecified atom stereocenters. The van der Waals surface area contributed by atoms with E-state index in [-0.39, 0.29) is 7.43 Å². The lowest BCUT2D eigenvalue weighted by Crippen LogP contribution is -2.28. The van der Waals surface area contributed by atoms with Crippen molar-refractivity contribution in [2.45, 2.75) is 33.5 Å². The first-order chi connectivity index (χ1) is 21.2. The largest absolute Gasteiger partial charge is 0.479 e. The number of ether oxygens (including phenoxy) is 5. The van der Waals surface area contributed by atoms with Crippen LogP contribution in [0.3, 0.4) is 0 Å². The Morgan fingerprint density at radius 1 is 0.644 bits per heavy atom. The minimum Gasteiger partial charge on any atom is -0.479 e. The number of esters is 2. The monoisotopic (exact) mass is 612 g/mol. The fraction of sp³-hybridized carbons (Fsp3) is 0.152. The summed E-state index contributed by atoms with van der Waals surface area (Å²) in [4.78, 5) is 37.4. The van der Waals surface area contributed by atoms with E-state index in [4.69, 9.17) is 35.7 Å². The zero-order chi connectivity index (χ0) is 31.9. The fourth-order valence-corrected chi connectivity index (χ4v) is 3.27. The van der Waals surface area contributed by atoms with Gasteiger partial charge in [0.05, 0.1) is 5.69 Å². The lowest BCUT2D eigenvalue weighted by atomic mass is 10.3. The molecule has 0 amide bonds. The molecule has 2 atom stereocenters. The molecule has 4 rings (SSSR count). The highest BCUT2D eigenvalue weighted by molar-refractivity contribution is 5.78. The molecule has 0 saturated carbocycles. The van der Waals surface area contributed by atoms with E-state index in [0.29, 0.717) is 45.8 Å². The van der Waals surface area contributed by atoms with Crippen molar-refractivity contribution in [3.05, 3.63) is 97.1 Å². The van der Waals surface area contributed by atoms with Crippen molar-refractivity contribution in [1.29, 1.82) is 5.26 Å². The Kier molecular flexibility index (Phi) is 13.6. The molecule has 12 nitrogen and oxygen atoms in total. The number of rotatable bonds is 10. The summed E-state index contributed by atoms with van der Waals surface area (Å²) in [7, 11) is 0. The summed E-state index contributed by atoms with van der Waals surface area (Å²) in [6.07, 6.45) is 1.41. The van der Waals surface area contributed by atoms with Gasteiger partial charge in [0.15, 0.2) is 12.2 Å². The first-order valence-electron chi connectivity index (χ1n) is 13.0. The lowest BCUT2D eigenvalue weighted by Gasteiger charge is -2.14. The smallest absolute Gasteiger partial charge is 0.352 e. The van der Waals surface area contributed by atoms with Gasteiger partial charge in [0.25, 0.3) is 6.26 Å². The number of carbonyl (C=O) groups excluding carboxylic acids is 3.